The molecular weight excluding hydrogens is 222 g/mol. The zero-order valence-electron chi connectivity index (χ0n) is 11.0. The SMILES string of the molecule is Cc1ccc(N=Nc2ccc(N(C)C)cc2)cc1. The van der Waals surface area contributed by atoms with Gasteiger partial charge in [0.25, 0.3) is 0 Å². The summed E-state index contributed by atoms with van der Waals surface area (Å²) in [6.07, 6.45) is 0. The van der Waals surface area contributed by atoms with Crippen molar-refractivity contribution in [2.24, 2.45) is 10.2 Å². The maximum Gasteiger partial charge on any atom is 0.0858 e. The maximum absolute atomic E-state index is 4.21. The van der Waals surface area contributed by atoms with Crippen LogP contribution in [0.3, 0.4) is 0 Å². The summed E-state index contributed by atoms with van der Waals surface area (Å²) in [5, 5.41) is 8.42. The van der Waals surface area contributed by atoms with E-state index >= 15 is 0 Å². The summed E-state index contributed by atoms with van der Waals surface area (Å²) in [6, 6.07) is 16.0. The summed E-state index contributed by atoms with van der Waals surface area (Å²) in [4.78, 5) is 2.06. The molecule has 0 amide bonds. The minimum absolute atomic E-state index is 0.862. The third-order valence-corrected chi connectivity index (χ3v) is 2.68. The van der Waals surface area contributed by atoms with Gasteiger partial charge in [-0.1, -0.05) is 17.7 Å². The number of nitrogens with zero attached hydrogens (tertiary/aromatic N) is 3. The lowest BCUT2D eigenvalue weighted by Crippen LogP contribution is -2.07. The highest BCUT2D eigenvalue weighted by atomic mass is 15.1. The van der Waals surface area contributed by atoms with Crippen LogP contribution in [0.25, 0.3) is 0 Å². The average Bonchev–Trinajstić information content (AvgIpc) is 2.38. The molecule has 0 spiro atoms. The van der Waals surface area contributed by atoms with Crippen LogP contribution in [-0.4, -0.2) is 14.1 Å². The highest BCUT2D eigenvalue weighted by molar-refractivity contribution is 5.52. The van der Waals surface area contributed by atoms with Crippen LogP contribution in [0.5, 0.6) is 0 Å². The summed E-state index contributed by atoms with van der Waals surface area (Å²) >= 11 is 0. The van der Waals surface area contributed by atoms with Crippen LogP contribution in [0.1, 0.15) is 5.56 Å². The summed E-state index contributed by atoms with van der Waals surface area (Å²) in [5.74, 6) is 0. The molecule has 3 nitrogen and oxygen atoms in total. The van der Waals surface area contributed by atoms with Crippen LogP contribution < -0.4 is 4.90 Å². The Balaban J connectivity index is 2.11. The molecule has 0 aliphatic carbocycles. The van der Waals surface area contributed by atoms with Crippen molar-refractivity contribution in [1.29, 1.82) is 0 Å². The van der Waals surface area contributed by atoms with Crippen LogP contribution in [0.4, 0.5) is 17.1 Å². The average molecular weight is 239 g/mol. The van der Waals surface area contributed by atoms with E-state index in [4.69, 9.17) is 0 Å². The minimum Gasteiger partial charge on any atom is -0.378 e. The van der Waals surface area contributed by atoms with Crippen LogP contribution in [0.2, 0.25) is 0 Å². The van der Waals surface area contributed by atoms with Gasteiger partial charge < -0.3 is 4.90 Å². The second-order valence-corrected chi connectivity index (χ2v) is 4.45. The van der Waals surface area contributed by atoms with E-state index in [0.717, 1.165) is 17.1 Å². The van der Waals surface area contributed by atoms with Gasteiger partial charge in [-0.2, -0.15) is 10.2 Å². The molecule has 2 rings (SSSR count). The van der Waals surface area contributed by atoms with Gasteiger partial charge in [0.2, 0.25) is 0 Å². The highest BCUT2D eigenvalue weighted by Crippen LogP contribution is 2.21. The van der Waals surface area contributed by atoms with Gasteiger partial charge in [-0.25, -0.2) is 0 Å². The number of azo groups is 1. The smallest absolute Gasteiger partial charge is 0.0858 e. The van der Waals surface area contributed by atoms with Crippen molar-refractivity contribution in [3.8, 4) is 0 Å². The highest BCUT2D eigenvalue weighted by Gasteiger charge is 1.95. The Hall–Kier alpha value is -2.16. The predicted molar refractivity (Wildman–Crippen MR) is 76.1 cm³/mol. The molecule has 18 heavy (non-hydrogen) atoms. The Morgan fingerprint density at radius 3 is 1.61 bits per heavy atom. The van der Waals surface area contributed by atoms with E-state index in [1.54, 1.807) is 0 Å². The monoisotopic (exact) mass is 239 g/mol. The number of rotatable bonds is 3. The van der Waals surface area contributed by atoms with Crippen LogP contribution in [0.15, 0.2) is 58.8 Å². The lowest BCUT2D eigenvalue weighted by molar-refractivity contribution is 1.13. The molecular formula is C15H17N3. The summed E-state index contributed by atoms with van der Waals surface area (Å²) in [5.41, 5.74) is 4.12. The van der Waals surface area contributed by atoms with Crippen molar-refractivity contribution < 1.29 is 0 Å². The van der Waals surface area contributed by atoms with Crippen molar-refractivity contribution in [3.63, 3.8) is 0 Å². The lowest BCUT2D eigenvalue weighted by Gasteiger charge is -2.11. The molecule has 3 heteroatoms. The largest absolute Gasteiger partial charge is 0.378 e. The summed E-state index contributed by atoms with van der Waals surface area (Å²) in [6.45, 7) is 2.06. The standard InChI is InChI=1S/C15H17N3/c1-12-4-6-13(7-5-12)16-17-14-8-10-15(11-9-14)18(2)3/h4-11H,1-3H3. The van der Waals surface area contributed by atoms with E-state index in [1.807, 2.05) is 62.6 Å². The molecule has 0 unspecified atom stereocenters. The molecule has 0 heterocycles. The Kier molecular flexibility index (Phi) is 3.72. The molecule has 0 aliphatic heterocycles. The molecule has 0 atom stereocenters. The van der Waals surface area contributed by atoms with Crippen molar-refractivity contribution in [2.75, 3.05) is 19.0 Å². The zero-order valence-corrected chi connectivity index (χ0v) is 11.0. The molecule has 0 saturated heterocycles. The second-order valence-electron chi connectivity index (χ2n) is 4.45. The van der Waals surface area contributed by atoms with E-state index in [1.165, 1.54) is 5.56 Å². The molecule has 2 aromatic rings. The predicted octanol–water partition coefficient (Wildman–Crippen LogP) is 4.48. The molecule has 0 N–H and O–H groups in total. The molecule has 0 saturated carbocycles. The number of benzene rings is 2. The Bertz CT molecular complexity index is 525. The topological polar surface area (TPSA) is 28.0 Å². The zero-order chi connectivity index (χ0) is 13.0. The Morgan fingerprint density at radius 2 is 1.17 bits per heavy atom. The number of anilines is 1. The van der Waals surface area contributed by atoms with Gasteiger partial charge in [0.05, 0.1) is 11.4 Å². The molecule has 0 bridgehead atoms. The van der Waals surface area contributed by atoms with Crippen molar-refractivity contribution in [2.45, 2.75) is 6.92 Å². The van der Waals surface area contributed by atoms with E-state index in [2.05, 4.69) is 22.1 Å². The van der Waals surface area contributed by atoms with Gasteiger partial charge in [0.1, 0.15) is 0 Å². The maximum atomic E-state index is 4.21. The molecule has 0 radical (unpaired) electrons. The first kappa shape index (κ1) is 12.3. The van der Waals surface area contributed by atoms with Gasteiger partial charge >= 0.3 is 0 Å². The fourth-order valence-corrected chi connectivity index (χ4v) is 1.54. The molecule has 0 aromatic heterocycles. The second kappa shape index (κ2) is 5.45. The van der Waals surface area contributed by atoms with Crippen molar-refractivity contribution in [3.05, 3.63) is 54.1 Å². The third kappa shape index (κ3) is 3.17. The fraction of sp³-hybridized carbons (Fsp3) is 0.200. The van der Waals surface area contributed by atoms with Gasteiger partial charge in [-0.05, 0) is 43.3 Å². The van der Waals surface area contributed by atoms with Crippen LogP contribution >= 0.6 is 0 Å². The van der Waals surface area contributed by atoms with E-state index in [9.17, 15) is 0 Å². The van der Waals surface area contributed by atoms with E-state index < -0.39 is 0 Å². The summed E-state index contributed by atoms with van der Waals surface area (Å²) in [7, 11) is 4.03. The van der Waals surface area contributed by atoms with E-state index in [-0.39, 0.29) is 0 Å². The Morgan fingerprint density at radius 1 is 0.722 bits per heavy atom. The lowest BCUT2D eigenvalue weighted by atomic mass is 10.2. The van der Waals surface area contributed by atoms with Gasteiger partial charge in [-0.3, -0.25) is 0 Å². The van der Waals surface area contributed by atoms with Crippen molar-refractivity contribution in [1.82, 2.24) is 0 Å². The first-order valence-electron chi connectivity index (χ1n) is 5.91. The normalized spacial score (nSPS) is 10.8. The number of hydrogen-bond donors (Lipinski definition) is 0. The molecule has 0 fully saturated rings. The fourth-order valence-electron chi connectivity index (χ4n) is 1.54. The molecule has 92 valence electrons. The van der Waals surface area contributed by atoms with Gasteiger partial charge in [-0.15, -0.1) is 0 Å². The number of aryl methyl sites for hydroxylation is 1. The first-order valence-corrected chi connectivity index (χ1v) is 5.91. The summed E-state index contributed by atoms with van der Waals surface area (Å²) < 4.78 is 0. The van der Waals surface area contributed by atoms with Gasteiger partial charge in [0.15, 0.2) is 0 Å². The molecule has 0 aliphatic rings. The van der Waals surface area contributed by atoms with Crippen molar-refractivity contribution >= 4 is 17.1 Å². The van der Waals surface area contributed by atoms with E-state index in [0.29, 0.717) is 0 Å². The van der Waals surface area contributed by atoms with Crippen LogP contribution in [-0.2, 0) is 0 Å². The first-order chi connectivity index (χ1) is 8.65. The third-order valence-electron chi connectivity index (χ3n) is 2.68. The van der Waals surface area contributed by atoms with Crippen LogP contribution in [0, 0.1) is 6.92 Å². The Labute approximate surface area is 108 Å². The quantitative estimate of drug-likeness (QED) is 0.726. The number of hydrogen-bond acceptors (Lipinski definition) is 3. The van der Waals surface area contributed by atoms with Gasteiger partial charge in [0, 0.05) is 19.8 Å². The minimum atomic E-state index is 0.862. The molecule has 2 aromatic carbocycles.